The SMILES string of the molecule is CCCCCCCC/C=C/CCCCCCCCCCCC(=O)OC[C@@H](COP(=O)(O)OCC[N+](C)(C)C)OC(=O)CCCCCCCCCCCCCCCC. The number of hydrogen-bond acceptors (Lipinski definition) is 7. The number of phosphoric acid groups is 1. The van der Waals surface area contributed by atoms with E-state index in [0.29, 0.717) is 23.9 Å². The molecule has 2 atom stereocenters. The van der Waals surface area contributed by atoms with Gasteiger partial charge in [0.2, 0.25) is 0 Å². The monoisotopic (exact) mass is 831 g/mol. The number of quaternary nitrogens is 1. The summed E-state index contributed by atoms with van der Waals surface area (Å²) in [6.07, 6.45) is 42.5. The zero-order valence-electron chi connectivity index (χ0n) is 38.1. The molecule has 0 saturated carbocycles. The zero-order valence-corrected chi connectivity index (χ0v) is 39.0. The van der Waals surface area contributed by atoms with Crippen LogP contribution < -0.4 is 0 Å². The Morgan fingerprint density at radius 3 is 1.30 bits per heavy atom. The molecule has 0 bridgehead atoms. The molecule has 0 aromatic rings. The predicted octanol–water partition coefficient (Wildman–Crippen LogP) is 13.8. The van der Waals surface area contributed by atoms with E-state index in [4.69, 9.17) is 18.5 Å². The van der Waals surface area contributed by atoms with Gasteiger partial charge in [-0.2, -0.15) is 0 Å². The average molecular weight is 831 g/mol. The van der Waals surface area contributed by atoms with Crippen LogP contribution in [0.3, 0.4) is 0 Å². The van der Waals surface area contributed by atoms with Gasteiger partial charge < -0.3 is 18.9 Å². The highest BCUT2D eigenvalue weighted by Crippen LogP contribution is 2.43. The molecule has 0 fully saturated rings. The molecule has 0 aromatic heterocycles. The molecular formula is C47H93NO8P+. The van der Waals surface area contributed by atoms with Crippen LogP contribution in [0.1, 0.15) is 226 Å². The molecule has 57 heavy (non-hydrogen) atoms. The second-order valence-electron chi connectivity index (χ2n) is 17.5. The Kier molecular flexibility index (Phi) is 39.3. The molecule has 0 aromatic carbocycles. The van der Waals surface area contributed by atoms with Gasteiger partial charge in [0.05, 0.1) is 27.7 Å². The first-order valence-electron chi connectivity index (χ1n) is 23.9. The van der Waals surface area contributed by atoms with Crippen LogP contribution in [0.2, 0.25) is 0 Å². The Labute approximate surface area is 352 Å². The molecule has 9 nitrogen and oxygen atoms in total. The Hall–Kier alpha value is -1.25. The largest absolute Gasteiger partial charge is 0.472 e. The fourth-order valence-corrected chi connectivity index (χ4v) is 7.52. The van der Waals surface area contributed by atoms with Crippen LogP contribution in [-0.2, 0) is 32.7 Å². The summed E-state index contributed by atoms with van der Waals surface area (Å²) in [6.45, 7) is 4.45. The minimum Gasteiger partial charge on any atom is -0.462 e. The molecule has 0 aliphatic carbocycles. The smallest absolute Gasteiger partial charge is 0.462 e. The summed E-state index contributed by atoms with van der Waals surface area (Å²) in [4.78, 5) is 35.4. The first-order chi connectivity index (χ1) is 27.5. The van der Waals surface area contributed by atoms with Crippen LogP contribution in [0.15, 0.2) is 12.2 Å². The lowest BCUT2D eigenvalue weighted by Gasteiger charge is -2.24. The van der Waals surface area contributed by atoms with Gasteiger partial charge in [-0.3, -0.25) is 18.6 Å². The maximum absolute atomic E-state index is 12.7. The van der Waals surface area contributed by atoms with Crippen LogP contribution in [0, 0.1) is 0 Å². The van der Waals surface area contributed by atoms with E-state index in [1.165, 1.54) is 161 Å². The molecule has 0 saturated heterocycles. The number of rotatable bonds is 44. The van der Waals surface area contributed by atoms with Gasteiger partial charge in [-0.25, -0.2) is 4.57 Å². The summed E-state index contributed by atoms with van der Waals surface area (Å²) in [7, 11) is 1.49. The highest BCUT2D eigenvalue weighted by molar-refractivity contribution is 7.47. The molecule has 10 heteroatoms. The number of ether oxygens (including phenoxy) is 2. The Bertz CT molecular complexity index is 985. The number of hydrogen-bond donors (Lipinski definition) is 1. The number of carbonyl (C=O) groups is 2. The molecule has 0 spiro atoms. The second kappa shape index (κ2) is 40.2. The van der Waals surface area contributed by atoms with Crippen LogP contribution in [0.5, 0.6) is 0 Å². The molecule has 0 aliphatic heterocycles. The Balaban J connectivity index is 4.25. The summed E-state index contributed by atoms with van der Waals surface area (Å²) in [5.41, 5.74) is 0. The van der Waals surface area contributed by atoms with Crippen molar-refractivity contribution in [3.05, 3.63) is 12.2 Å². The van der Waals surface area contributed by atoms with Crippen molar-refractivity contribution in [2.24, 2.45) is 0 Å². The lowest BCUT2D eigenvalue weighted by atomic mass is 10.0. The van der Waals surface area contributed by atoms with Crippen LogP contribution >= 0.6 is 7.82 Å². The number of allylic oxidation sites excluding steroid dienone is 2. The molecular weight excluding hydrogens is 737 g/mol. The van der Waals surface area contributed by atoms with Crippen molar-refractivity contribution in [1.29, 1.82) is 0 Å². The first kappa shape index (κ1) is 55.8. The van der Waals surface area contributed by atoms with E-state index in [9.17, 15) is 19.0 Å². The molecule has 338 valence electrons. The number of nitrogens with zero attached hydrogens (tertiary/aromatic N) is 1. The third kappa shape index (κ3) is 44.1. The van der Waals surface area contributed by atoms with E-state index in [2.05, 4.69) is 26.0 Å². The van der Waals surface area contributed by atoms with Gasteiger partial charge >= 0.3 is 19.8 Å². The predicted molar refractivity (Wildman–Crippen MR) is 238 cm³/mol. The minimum atomic E-state index is -4.37. The second-order valence-corrected chi connectivity index (χ2v) is 19.0. The van der Waals surface area contributed by atoms with Gasteiger partial charge in [0.15, 0.2) is 6.10 Å². The zero-order chi connectivity index (χ0) is 42.1. The van der Waals surface area contributed by atoms with Gasteiger partial charge in [0.1, 0.15) is 19.8 Å². The first-order valence-corrected chi connectivity index (χ1v) is 25.4. The summed E-state index contributed by atoms with van der Waals surface area (Å²) in [6, 6.07) is 0. The van der Waals surface area contributed by atoms with Crippen molar-refractivity contribution in [1.82, 2.24) is 0 Å². The van der Waals surface area contributed by atoms with E-state index in [0.717, 1.165) is 32.1 Å². The molecule has 0 radical (unpaired) electrons. The van der Waals surface area contributed by atoms with Gasteiger partial charge in [-0.15, -0.1) is 0 Å². The third-order valence-electron chi connectivity index (χ3n) is 10.5. The van der Waals surface area contributed by atoms with Crippen molar-refractivity contribution in [3.8, 4) is 0 Å². The fourth-order valence-electron chi connectivity index (χ4n) is 6.77. The number of likely N-dealkylation sites (N-methyl/N-ethyl adjacent to an activating group) is 1. The van der Waals surface area contributed by atoms with Crippen LogP contribution in [0.4, 0.5) is 0 Å². The molecule has 0 rings (SSSR count). The maximum Gasteiger partial charge on any atom is 0.472 e. The van der Waals surface area contributed by atoms with E-state index < -0.39 is 26.5 Å². The fraction of sp³-hybridized carbons (Fsp3) is 0.915. The number of esters is 2. The van der Waals surface area contributed by atoms with Crippen molar-refractivity contribution in [2.45, 2.75) is 232 Å². The summed E-state index contributed by atoms with van der Waals surface area (Å²) >= 11 is 0. The third-order valence-corrected chi connectivity index (χ3v) is 11.5. The summed E-state index contributed by atoms with van der Waals surface area (Å²) in [5, 5.41) is 0. The lowest BCUT2D eigenvalue weighted by molar-refractivity contribution is -0.870. The Morgan fingerprint density at radius 2 is 0.895 bits per heavy atom. The minimum absolute atomic E-state index is 0.0348. The molecule has 0 amide bonds. The standard InChI is InChI=1S/C47H92NO8P/c1-6-8-10-12-14-16-18-20-22-23-24-25-26-28-29-31-33-35-37-39-46(49)53-43-45(44-55-57(51,52)54-42-41-48(3,4)5)56-47(50)40-38-36-34-32-30-27-21-19-17-15-13-11-9-7-2/h20,22,45H,6-19,21,23-44H2,1-5H3/p+1/b22-20+/t45-/m0/s1. The highest BCUT2D eigenvalue weighted by Gasteiger charge is 2.27. The molecule has 0 aliphatic rings. The highest BCUT2D eigenvalue weighted by atomic mass is 31.2. The molecule has 1 N–H and O–H groups in total. The van der Waals surface area contributed by atoms with Gasteiger partial charge in [-0.1, -0.05) is 187 Å². The van der Waals surface area contributed by atoms with E-state index in [1.807, 2.05) is 21.1 Å². The van der Waals surface area contributed by atoms with Crippen molar-refractivity contribution in [2.75, 3.05) is 47.5 Å². The summed E-state index contributed by atoms with van der Waals surface area (Å²) in [5.74, 6) is -0.789. The number of carbonyl (C=O) groups excluding carboxylic acids is 2. The molecule has 0 heterocycles. The topological polar surface area (TPSA) is 108 Å². The van der Waals surface area contributed by atoms with E-state index in [-0.39, 0.29) is 25.6 Å². The normalized spacial score (nSPS) is 13.6. The summed E-state index contributed by atoms with van der Waals surface area (Å²) < 4.78 is 34.4. The van der Waals surface area contributed by atoms with Crippen molar-refractivity contribution < 1.29 is 42.1 Å². The lowest BCUT2D eigenvalue weighted by Crippen LogP contribution is -2.37. The van der Waals surface area contributed by atoms with Gasteiger partial charge in [0, 0.05) is 12.8 Å². The maximum atomic E-state index is 12.7. The van der Waals surface area contributed by atoms with Crippen LogP contribution in [-0.4, -0.2) is 74.9 Å². The number of phosphoric ester groups is 1. The average Bonchev–Trinajstić information content (AvgIpc) is 3.16. The molecule has 1 unspecified atom stereocenters. The van der Waals surface area contributed by atoms with Gasteiger partial charge in [0.25, 0.3) is 0 Å². The number of unbranched alkanes of at least 4 members (excludes halogenated alkanes) is 28. The van der Waals surface area contributed by atoms with Crippen LogP contribution in [0.25, 0.3) is 0 Å². The Morgan fingerprint density at radius 1 is 0.526 bits per heavy atom. The quantitative estimate of drug-likeness (QED) is 0.0213. The van der Waals surface area contributed by atoms with Gasteiger partial charge in [-0.05, 0) is 38.5 Å². The van der Waals surface area contributed by atoms with E-state index in [1.54, 1.807) is 0 Å². The van der Waals surface area contributed by atoms with Crippen molar-refractivity contribution in [3.63, 3.8) is 0 Å². The van der Waals surface area contributed by atoms with E-state index >= 15 is 0 Å². The van der Waals surface area contributed by atoms with Crippen molar-refractivity contribution >= 4 is 19.8 Å².